The number of hydrogen-bond acceptors (Lipinski definition) is 10. The van der Waals surface area contributed by atoms with E-state index in [1.54, 1.807) is 32.2 Å². The summed E-state index contributed by atoms with van der Waals surface area (Å²) >= 11 is 6.60. The van der Waals surface area contributed by atoms with Crippen LogP contribution in [0.3, 0.4) is 0 Å². The molecule has 10 nitrogen and oxygen atoms in total. The van der Waals surface area contributed by atoms with Gasteiger partial charge in [0.1, 0.15) is 30.0 Å². The zero-order valence-electron chi connectivity index (χ0n) is 22.3. The average Bonchev–Trinajstić information content (AvgIpc) is 3.57. The van der Waals surface area contributed by atoms with Crippen LogP contribution >= 0.6 is 11.6 Å². The number of aliphatic hydroxyl groups is 1. The highest BCUT2D eigenvalue weighted by molar-refractivity contribution is 6.33. The van der Waals surface area contributed by atoms with E-state index in [0.717, 1.165) is 5.56 Å². The van der Waals surface area contributed by atoms with Crippen molar-refractivity contribution in [1.29, 1.82) is 0 Å². The number of hydrogen-bond donors (Lipinski definition) is 3. The van der Waals surface area contributed by atoms with Crippen LogP contribution in [-0.4, -0.2) is 83.7 Å². The molecule has 2 aromatic heterocycles. The smallest absolute Gasteiger partial charge is 0.448 e. The van der Waals surface area contributed by atoms with Crippen molar-refractivity contribution >= 4 is 23.3 Å². The Morgan fingerprint density at radius 2 is 2.02 bits per heavy atom. The summed E-state index contributed by atoms with van der Waals surface area (Å²) in [5.74, 6) is 0.936. The minimum absolute atomic E-state index is 0.0657. The Morgan fingerprint density at radius 3 is 2.67 bits per heavy atom. The monoisotopic (exact) mass is 579 g/mol. The number of aryl methyl sites for hydroxylation is 2. The van der Waals surface area contributed by atoms with Gasteiger partial charge in [-0.15, -0.1) is 0 Å². The Bertz CT molecular complexity index is 1430. The number of likely N-dealkylation sites (N-methyl/N-ethyl adjacent to an activating group) is 1. The molecule has 1 fully saturated rings. The summed E-state index contributed by atoms with van der Waals surface area (Å²) in [6, 6.07) is 3.97. The van der Waals surface area contributed by atoms with Crippen LogP contribution in [0.1, 0.15) is 17.0 Å². The second kappa shape index (κ2) is 10.9. The molecule has 1 aromatic carbocycles. The van der Waals surface area contributed by atoms with Gasteiger partial charge in [0.25, 0.3) is 0 Å². The lowest BCUT2D eigenvalue weighted by Gasteiger charge is -2.23. The van der Waals surface area contributed by atoms with Crippen LogP contribution in [-0.2, 0) is 0 Å². The summed E-state index contributed by atoms with van der Waals surface area (Å²) in [5, 5.41) is 19.9. The molecular formula is C26H29ClF3N7O3. The van der Waals surface area contributed by atoms with Crippen molar-refractivity contribution in [2.24, 2.45) is 4.99 Å². The molecule has 4 heterocycles. The van der Waals surface area contributed by atoms with Crippen molar-refractivity contribution in [2.45, 2.75) is 45.1 Å². The van der Waals surface area contributed by atoms with Gasteiger partial charge in [-0.2, -0.15) is 13.2 Å². The van der Waals surface area contributed by atoms with E-state index in [4.69, 9.17) is 30.8 Å². The molecular weight excluding hydrogens is 551 g/mol. The maximum atomic E-state index is 13.2. The fourth-order valence-corrected chi connectivity index (χ4v) is 5.22. The SMILES string of the molecule is CNC[C@@H](O)COc1ccc(Cl)c(-c2nc(-c3c(C)noc3C)c(C)c(N3CC4N=C(C(F)(F)F)NC4C3)n2)c1. The molecule has 3 N–H and O–H groups in total. The third-order valence-electron chi connectivity index (χ3n) is 6.93. The highest BCUT2D eigenvalue weighted by atomic mass is 35.5. The lowest BCUT2D eigenvalue weighted by molar-refractivity contribution is -0.0613. The summed E-state index contributed by atoms with van der Waals surface area (Å²) in [5.41, 5.74) is 3.13. The van der Waals surface area contributed by atoms with Crippen molar-refractivity contribution in [3.63, 3.8) is 0 Å². The predicted octanol–water partition coefficient (Wildman–Crippen LogP) is 3.46. The van der Waals surface area contributed by atoms with E-state index in [2.05, 4.69) is 20.8 Å². The molecule has 2 aliphatic rings. The second-order valence-electron chi connectivity index (χ2n) is 9.91. The standard InChI is InChI=1S/C26H29ClF3N7O3/c1-12-22(21-13(2)36-40-14(21)3)34-23(17-7-16(5-6-18(17)27)39-11-15(38)8-31-4)35-24(12)37-9-19-20(10-37)33-25(32-19)26(28,29)30/h5-7,15,19-20,31,38H,8-11H2,1-4H3,(H,32,33)/t15-,19?,20?/m1/s1. The molecule has 0 bridgehead atoms. The number of benzene rings is 1. The number of aromatic nitrogens is 3. The number of nitrogens with zero attached hydrogens (tertiary/aromatic N) is 5. The number of amidine groups is 1. The molecule has 2 aliphatic heterocycles. The van der Waals surface area contributed by atoms with E-state index in [1.807, 2.05) is 18.7 Å². The van der Waals surface area contributed by atoms with E-state index in [0.29, 0.717) is 57.2 Å². The van der Waals surface area contributed by atoms with Crippen LogP contribution in [0.4, 0.5) is 19.0 Å². The predicted molar refractivity (Wildman–Crippen MR) is 144 cm³/mol. The lowest BCUT2D eigenvalue weighted by atomic mass is 10.0. The number of aliphatic hydroxyl groups excluding tert-OH is 1. The largest absolute Gasteiger partial charge is 0.491 e. The summed E-state index contributed by atoms with van der Waals surface area (Å²) in [6.45, 7) is 6.40. The van der Waals surface area contributed by atoms with Gasteiger partial charge in [-0.25, -0.2) is 9.97 Å². The number of nitrogens with one attached hydrogen (secondary N) is 2. The van der Waals surface area contributed by atoms with Crippen LogP contribution in [0.25, 0.3) is 22.6 Å². The number of fused-ring (bicyclic) bond motifs is 1. The van der Waals surface area contributed by atoms with E-state index in [-0.39, 0.29) is 19.7 Å². The minimum Gasteiger partial charge on any atom is -0.491 e. The van der Waals surface area contributed by atoms with Gasteiger partial charge in [0.05, 0.1) is 34.1 Å². The maximum absolute atomic E-state index is 13.2. The van der Waals surface area contributed by atoms with Crippen molar-refractivity contribution in [3.8, 4) is 28.4 Å². The third kappa shape index (κ3) is 5.45. The van der Waals surface area contributed by atoms with Crippen LogP contribution < -0.4 is 20.3 Å². The quantitative estimate of drug-likeness (QED) is 0.368. The molecule has 5 rings (SSSR count). The summed E-state index contributed by atoms with van der Waals surface area (Å²) in [7, 11) is 1.73. The molecule has 14 heteroatoms. The first-order valence-electron chi connectivity index (χ1n) is 12.7. The Kier molecular flexibility index (Phi) is 7.64. The molecule has 0 spiro atoms. The normalized spacial score (nSPS) is 19.4. The summed E-state index contributed by atoms with van der Waals surface area (Å²) < 4.78 is 50.8. The molecule has 3 aromatic rings. The number of ether oxygens (including phenoxy) is 1. The second-order valence-corrected chi connectivity index (χ2v) is 10.3. The first kappa shape index (κ1) is 28.1. The van der Waals surface area contributed by atoms with E-state index < -0.39 is 30.2 Å². The zero-order chi connectivity index (χ0) is 28.8. The van der Waals surface area contributed by atoms with Crippen LogP contribution in [0.5, 0.6) is 5.75 Å². The fraction of sp³-hybridized carbons (Fsp3) is 0.462. The van der Waals surface area contributed by atoms with Crippen molar-refractivity contribution in [2.75, 3.05) is 38.2 Å². The molecule has 0 amide bonds. The number of rotatable bonds is 8. The van der Waals surface area contributed by atoms with Gasteiger partial charge in [-0.1, -0.05) is 16.8 Å². The van der Waals surface area contributed by atoms with E-state index >= 15 is 0 Å². The molecule has 1 saturated heterocycles. The zero-order valence-corrected chi connectivity index (χ0v) is 23.1. The molecule has 0 aliphatic carbocycles. The first-order chi connectivity index (χ1) is 19.0. The van der Waals surface area contributed by atoms with Crippen LogP contribution in [0.2, 0.25) is 5.02 Å². The van der Waals surface area contributed by atoms with Crippen LogP contribution in [0, 0.1) is 20.8 Å². The number of anilines is 1. The summed E-state index contributed by atoms with van der Waals surface area (Å²) in [6.07, 6.45) is -5.22. The van der Waals surface area contributed by atoms with Gasteiger partial charge in [0, 0.05) is 30.8 Å². The van der Waals surface area contributed by atoms with Gasteiger partial charge in [0.15, 0.2) is 5.82 Å². The van der Waals surface area contributed by atoms with Gasteiger partial charge >= 0.3 is 6.18 Å². The van der Waals surface area contributed by atoms with Crippen molar-refractivity contribution in [3.05, 3.63) is 40.2 Å². The lowest BCUT2D eigenvalue weighted by Crippen LogP contribution is -2.41. The van der Waals surface area contributed by atoms with Gasteiger partial charge in [-0.3, -0.25) is 4.99 Å². The highest BCUT2D eigenvalue weighted by Crippen LogP contribution is 2.38. The third-order valence-corrected chi connectivity index (χ3v) is 7.25. The van der Waals surface area contributed by atoms with Gasteiger partial charge < -0.3 is 29.9 Å². The first-order valence-corrected chi connectivity index (χ1v) is 13.1. The Labute approximate surface area is 233 Å². The molecule has 0 radical (unpaired) electrons. The maximum Gasteiger partial charge on any atom is 0.448 e. The molecule has 0 saturated carbocycles. The molecule has 2 unspecified atom stereocenters. The Balaban J connectivity index is 1.55. The van der Waals surface area contributed by atoms with Crippen molar-refractivity contribution in [1.82, 2.24) is 25.8 Å². The van der Waals surface area contributed by atoms with Gasteiger partial charge in [-0.05, 0) is 46.0 Å². The Morgan fingerprint density at radius 1 is 1.25 bits per heavy atom. The van der Waals surface area contributed by atoms with Crippen LogP contribution in [0.15, 0.2) is 27.7 Å². The van der Waals surface area contributed by atoms with E-state index in [9.17, 15) is 18.3 Å². The number of alkyl halides is 3. The fourth-order valence-electron chi connectivity index (χ4n) is 5.02. The minimum atomic E-state index is -4.52. The molecule has 40 heavy (non-hydrogen) atoms. The van der Waals surface area contributed by atoms with Gasteiger partial charge in [0.2, 0.25) is 5.84 Å². The molecule has 214 valence electrons. The highest BCUT2D eigenvalue weighted by Gasteiger charge is 2.47. The van der Waals surface area contributed by atoms with E-state index in [1.165, 1.54) is 0 Å². The number of halogens is 4. The summed E-state index contributed by atoms with van der Waals surface area (Å²) in [4.78, 5) is 15.5. The number of aliphatic imine (C=N–C) groups is 1. The molecule has 3 atom stereocenters. The topological polar surface area (TPSA) is 121 Å². The average molecular weight is 580 g/mol. The Hall–Kier alpha value is -3.42. The van der Waals surface area contributed by atoms with Crippen molar-refractivity contribution < 1.29 is 27.5 Å².